The first-order valence-corrected chi connectivity index (χ1v) is 6.68. The van der Waals surface area contributed by atoms with Crippen LogP contribution in [0.2, 0.25) is 0 Å². The molecule has 0 spiro atoms. The Hall–Kier alpha value is -1.06. The first-order chi connectivity index (χ1) is 8.81. The zero-order chi connectivity index (χ0) is 13.2. The van der Waals surface area contributed by atoms with Gasteiger partial charge in [-0.1, -0.05) is 25.1 Å². The molecule has 18 heavy (non-hydrogen) atoms. The third-order valence-corrected chi connectivity index (χ3v) is 3.18. The van der Waals surface area contributed by atoms with Crippen LogP contribution in [0.4, 0.5) is 0 Å². The average Bonchev–Trinajstić information content (AvgIpc) is 2.41. The van der Waals surface area contributed by atoms with Crippen molar-refractivity contribution in [1.82, 2.24) is 5.32 Å². The van der Waals surface area contributed by atoms with Crippen LogP contribution in [0.15, 0.2) is 24.3 Å². The maximum atomic E-state index is 5.73. The zero-order valence-corrected chi connectivity index (χ0v) is 11.7. The van der Waals surface area contributed by atoms with E-state index in [4.69, 9.17) is 9.47 Å². The van der Waals surface area contributed by atoms with E-state index in [1.807, 2.05) is 19.2 Å². The van der Waals surface area contributed by atoms with E-state index in [-0.39, 0.29) is 0 Å². The minimum atomic E-state index is 0.581. The topological polar surface area (TPSA) is 30.5 Å². The Morgan fingerprint density at radius 3 is 2.67 bits per heavy atom. The molecule has 0 amide bonds. The fourth-order valence-electron chi connectivity index (χ4n) is 1.97. The molecule has 0 aliphatic heterocycles. The van der Waals surface area contributed by atoms with Crippen molar-refractivity contribution >= 4 is 0 Å². The Labute approximate surface area is 110 Å². The first-order valence-electron chi connectivity index (χ1n) is 6.68. The van der Waals surface area contributed by atoms with Crippen LogP contribution in [0.1, 0.15) is 25.3 Å². The highest BCUT2D eigenvalue weighted by molar-refractivity contribution is 5.33. The van der Waals surface area contributed by atoms with Crippen LogP contribution in [0.3, 0.4) is 0 Å². The average molecular weight is 251 g/mol. The molecule has 102 valence electrons. The van der Waals surface area contributed by atoms with Crippen LogP contribution in [0.5, 0.6) is 5.75 Å². The molecule has 0 aliphatic rings. The number of aryl methyl sites for hydroxylation is 1. The smallest absolute Gasteiger partial charge is 0.122 e. The normalized spacial score (nSPS) is 12.4. The number of hydrogen-bond acceptors (Lipinski definition) is 3. The molecule has 1 aromatic rings. The minimum absolute atomic E-state index is 0.581. The number of para-hydroxylation sites is 1. The lowest BCUT2D eigenvalue weighted by molar-refractivity contribution is 0.145. The highest BCUT2D eigenvalue weighted by Crippen LogP contribution is 2.20. The van der Waals surface area contributed by atoms with Gasteiger partial charge in [-0.3, -0.25) is 0 Å². The summed E-state index contributed by atoms with van der Waals surface area (Å²) < 4.78 is 10.7. The quantitative estimate of drug-likeness (QED) is 0.684. The summed E-state index contributed by atoms with van der Waals surface area (Å²) in [6.45, 7) is 3.45. The highest BCUT2D eigenvalue weighted by atomic mass is 16.5. The van der Waals surface area contributed by atoms with E-state index in [0.29, 0.717) is 19.3 Å². The molecule has 0 bridgehead atoms. The lowest BCUT2D eigenvalue weighted by atomic mass is 10.0. The van der Waals surface area contributed by atoms with E-state index in [1.165, 1.54) is 5.56 Å². The van der Waals surface area contributed by atoms with Crippen molar-refractivity contribution in [3.05, 3.63) is 29.8 Å². The van der Waals surface area contributed by atoms with Crippen LogP contribution >= 0.6 is 0 Å². The highest BCUT2D eigenvalue weighted by Gasteiger charge is 2.07. The molecule has 0 aliphatic carbocycles. The molecule has 1 rings (SSSR count). The van der Waals surface area contributed by atoms with Gasteiger partial charge in [-0.25, -0.2) is 0 Å². The number of hydrogen-bond donors (Lipinski definition) is 1. The summed E-state index contributed by atoms with van der Waals surface area (Å²) >= 11 is 0. The first kappa shape index (κ1) is 15.0. The summed E-state index contributed by atoms with van der Waals surface area (Å²) in [4.78, 5) is 0. The lowest BCUT2D eigenvalue weighted by Crippen LogP contribution is -2.24. The van der Waals surface area contributed by atoms with Gasteiger partial charge >= 0.3 is 0 Å². The van der Waals surface area contributed by atoms with E-state index in [2.05, 4.69) is 24.4 Å². The van der Waals surface area contributed by atoms with Crippen LogP contribution in [0.25, 0.3) is 0 Å². The summed E-state index contributed by atoms with van der Waals surface area (Å²) in [7, 11) is 3.71. The summed E-state index contributed by atoms with van der Waals surface area (Å²) in [6, 6.07) is 8.84. The Morgan fingerprint density at radius 1 is 1.22 bits per heavy atom. The number of rotatable bonds is 9. The molecule has 3 heteroatoms. The summed E-state index contributed by atoms with van der Waals surface area (Å²) in [6.07, 6.45) is 3.34. The van der Waals surface area contributed by atoms with Crippen molar-refractivity contribution in [1.29, 1.82) is 0 Å². The third-order valence-electron chi connectivity index (χ3n) is 3.18. The van der Waals surface area contributed by atoms with Gasteiger partial charge in [0.1, 0.15) is 12.4 Å². The number of benzene rings is 1. The van der Waals surface area contributed by atoms with E-state index < -0.39 is 0 Å². The monoisotopic (exact) mass is 251 g/mol. The van der Waals surface area contributed by atoms with Gasteiger partial charge in [-0.2, -0.15) is 0 Å². The standard InChI is InChI=1S/C15H25NO2/c1-4-14(16-2)10-9-13-7-5-6-8-15(13)18-12-11-17-3/h5-8,14,16H,4,9-12H2,1-3H3. The molecule has 0 saturated carbocycles. The summed E-state index contributed by atoms with van der Waals surface area (Å²) in [5.41, 5.74) is 1.28. The predicted molar refractivity (Wildman–Crippen MR) is 75.3 cm³/mol. The second-order valence-corrected chi connectivity index (χ2v) is 4.38. The van der Waals surface area contributed by atoms with Gasteiger partial charge in [0.05, 0.1) is 6.61 Å². The van der Waals surface area contributed by atoms with Gasteiger partial charge in [0.2, 0.25) is 0 Å². The maximum absolute atomic E-state index is 5.73. The van der Waals surface area contributed by atoms with Gasteiger partial charge in [0.15, 0.2) is 0 Å². The second-order valence-electron chi connectivity index (χ2n) is 4.38. The van der Waals surface area contributed by atoms with Crippen molar-refractivity contribution in [3.8, 4) is 5.75 Å². The Morgan fingerprint density at radius 2 is 2.00 bits per heavy atom. The largest absolute Gasteiger partial charge is 0.491 e. The maximum Gasteiger partial charge on any atom is 0.122 e. The number of ether oxygens (including phenoxy) is 2. The number of methoxy groups -OCH3 is 1. The van der Waals surface area contributed by atoms with Gasteiger partial charge in [0, 0.05) is 13.2 Å². The van der Waals surface area contributed by atoms with Crippen molar-refractivity contribution in [3.63, 3.8) is 0 Å². The van der Waals surface area contributed by atoms with Gasteiger partial charge in [-0.15, -0.1) is 0 Å². The second kappa shape index (κ2) is 8.95. The number of nitrogens with one attached hydrogen (secondary N) is 1. The van der Waals surface area contributed by atoms with Crippen molar-refractivity contribution in [2.75, 3.05) is 27.4 Å². The molecule has 0 saturated heterocycles. The van der Waals surface area contributed by atoms with Gasteiger partial charge < -0.3 is 14.8 Å². The van der Waals surface area contributed by atoms with E-state index in [9.17, 15) is 0 Å². The van der Waals surface area contributed by atoms with Gasteiger partial charge in [0.25, 0.3) is 0 Å². The Bertz CT molecular complexity index is 324. The third kappa shape index (κ3) is 5.07. The summed E-state index contributed by atoms with van der Waals surface area (Å²) in [5, 5.41) is 3.33. The molecule has 1 N–H and O–H groups in total. The minimum Gasteiger partial charge on any atom is -0.491 e. The molecule has 0 heterocycles. The summed E-state index contributed by atoms with van der Waals surface area (Å²) in [5.74, 6) is 0.987. The van der Waals surface area contributed by atoms with E-state index in [1.54, 1.807) is 7.11 Å². The fraction of sp³-hybridized carbons (Fsp3) is 0.600. The van der Waals surface area contributed by atoms with Crippen LogP contribution in [0, 0.1) is 0 Å². The van der Waals surface area contributed by atoms with Crippen molar-refractivity contribution < 1.29 is 9.47 Å². The SMILES string of the molecule is CCC(CCc1ccccc1OCCOC)NC. The van der Waals surface area contributed by atoms with Crippen molar-refractivity contribution in [2.45, 2.75) is 32.2 Å². The van der Waals surface area contributed by atoms with Crippen LogP contribution in [-0.4, -0.2) is 33.4 Å². The molecular weight excluding hydrogens is 226 g/mol. The van der Waals surface area contributed by atoms with E-state index >= 15 is 0 Å². The van der Waals surface area contributed by atoms with E-state index in [0.717, 1.165) is 25.0 Å². The predicted octanol–water partition coefficient (Wildman–Crippen LogP) is 2.64. The molecule has 1 aromatic carbocycles. The van der Waals surface area contributed by atoms with Crippen LogP contribution < -0.4 is 10.1 Å². The molecule has 1 unspecified atom stereocenters. The molecule has 0 aromatic heterocycles. The van der Waals surface area contributed by atoms with Crippen molar-refractivity contribution in [2.24, 2.45) is 0 Å². The molecule has 3 nitrogen and oxygen atoms in total. The Kier molecular flexibility index (Phi) is 7.46. The lowest BCUT2D eigenvalue weighted by Gasteiger charge is -2.15. The molecular formula is C15H25NO2. The van der Waals surface area contributed by atoms with Gasteiger partial charge in [-0.05, 0) is 37.9 Å². The fourth-order valence-corrected chi connectivity index (χ4v) is 1.97. The molecule has 0 radical (unpaired) electrons. The van der Waals surface area contributed by atoms with Crippen LogP contribution in [-0.2, 0) is 11.2 Å². The Balaban J connectivity index is 2.52. The zero-order valence-electron chi connectivity index (χ0n) is 11.7. The molecule has 0 fully saturated rings. The molecule has 1 atom stereocenters.